The molecular weight excluding hydrogens is 232 g/mol. The standard InChI is InChI=1S/C17H20N2/c1-16(2)13-6-7-17(16,3)15-12(13)8-10-4-5-11(18)9-14(10)19-15/h4-5,8-9,13H,6-7,18H2,1-3H3. The molecule has 0 saturated heterocycles. The molecule has 2 nitrogen and oxygen atoms in total. The van der Waals surface area contributed by atoms with E-state index in [1.807, 2.05) is 12.1 Å². The molecule has 2 heteroatoms. The van der Waals surface area contributed by atoms with E-state index >= 15 is 0 Å². The second kappa shape index (κ2) is 3.12. The van der Waals surface area contributed by atoms with Crippen LogP contribution in [0.3, 0.4) is 0 Å². The summed E-state index contributed by atoms with van der Waals surface area (Å²) in [4.78, 5) is 4.99. The number of nitrogen functional groups attached to an aromatic ring is 1. The van der Waals surface area contributed by atoms with Crippen molar-refractivity contribution in [1.29, 1.82) is 0 Å². The monoisotopic (exact) mass is 252 g/mol. The Bertz CT molecular complexity index is 702. The van der Waals surface area contributed by atoms with E-state index in [9.17, 15) is 0 Å². The molecule has 1 aromatic carbocycles. The molecule has 2 N–H and O–H groups in total. The molecule has 2 aromatic rings. The fourth-order valence-corrected chi connectivity index (χ4v) is 4.38. The van der Waals surface area contributed by atoms with Crippen LogP contribution < -0.4 is 5.73 Å². The molecule has 2 unspecified atom stereocenters. The van der Waals surface area contributed by atoms with Crippen molar-refractivity contribution in [2.24, 2.45) is 5.41 Å². The summed E-state index contributed by atoms with van der Waals surface area (Å²) in [7, 11) is 0. The average molecular weight is 252 g/mol. The minimum Gasteiger partial charge on any atom is -0.399 e. The molecule has 1 saturated carbocycles. The zero-order valence-corrected chi connectivity index (χ0v) is 11.8. The molecule has 1 fully saturated rings. The molecule has 2 bridgehead atoms. The van der Waals surface area contributed by atoms with Gasteiger partial charge in [-0.15, -0.1) is 0 Å². The Hall–Kier alpha value is -1.57. The molecule has 0 spiro atoms. The lowest BCUT2D eigenvalue weighted by molar-refractivity contribution is 0.227. The summed E-state index contributed by atoms with van der Waals surface area (Å²) in [6, 6.07) is 8.42. The second-order valence-corrected chi connectivity index (χ2v) is 7.02. The van der Waals surface area contributed by atoms with Crippen molar-refractivity contribution in [1.82, 2.24) is 4.98 Å². The maximum Gasteiger partial charge on any atom is 0.0726 e. The van der Waals surface area contributed by atoms with Gasteiger partial charge < -0.3 is 5.73 Å². The average Bonchev–Trinajstić information content (AvgIpc) is 2.68. The van der Waals surface area contributed by atoms with Crippen molar-refractivity contribution in [3.63, 3.8) is 0 Å². The van der Waals surface area contributed by atoms with Gasteiger partial charge in [0.2, 0.25) is 0 Å². The highest BCUT2D eigenvalue weighted by molar-refractivity contribution is 5.83. The number of nitrogens with two attached hydrogens (primary N) is 1. The number of pyridine rings is 1. The highest BCUT2D eigenvalue weighted by atomic mass is 14.8. The molecule has 4 rings (SSSR count). The number of nitrogens with zero attached hydrogens (tertiary/aromatic N) is 1. The Morgan fingerprint density at radius 3 is 2.79 bits per heavy atom. The summed E-state index contributed by atoms with van der Waals surface area (Å²) in [6.07, 6.45) is 2.57. The number of hydrogen-bond donors (Lipinski definition) is 1. The molecule has 2 atom stereocenters. The maximum absolute atomic E-state index is 5.89. The van der Waals surface area contributed by atoms with Gasteiger partial charge in [0.25, 0.3) is 0 Å². The highest BCUT2D eigenvalue weighted by Crippen LogP contribution is 2.67. The molecule has 98 valence electrons. The van der Waals surface area contributed by atoms with E-state index in [1.54, 1.807) is 0 Å². The zero-order chi connectivity index (χ0) is 13.4. The number of benzene rings is 1. The third-order valence-corrected chi connectivity index (χ3v) is 6.00. The van der Waals surface area contributed by atoms with Gasteiger partial charge in [-0.2, -0.15) is 0 Å². The fourth-order valence-electron chi connectivity index (χ4n) is 4.38. The van der Waals surface area contributed by atoms with E-state index < -0.39 is 0 Å². The van der Waals surface area contributed by atoms with Gasteiger partial charge in [-0.3, -0.25) is 4.98 Å². The van der Waals surface area contributed by atoms with Crippen LogP contribution in [0.15, 0.2) is 24.3 Å². The Morgan fingerprint density at radius 1 is 1.21 bits per heavy atom. The number of aromatic nitrogens is 1. The summed E-state index contributed by atoms with van der Waals surface area (Å²) < 4.78 is 0. The van der Waals surface area contributed by atoms with Crippen LogP contribution >= 0.6 is 0 Å². The first-order valence-corrected chi connectivity index (χ1v) is 7.14. The summed E-state index contributed by atoms with van der Waals surface area (Å²) in [5, 5.41) is 1.22. The first-order chi connectivity index (χ1) is 8.93. The Morgan fingerprint density at radius 2 is 2.00 bits per heavy atom. The van der Waals surface area contributed by atoms with Crippen LogP contribution in [0.25, 0.3) is 10.9 Å². The van der Waals surface area contributed by atoms with Gasteiger partial charge in [0.15, 0.2) is 0 Å². The fraction of sp³-hybridized carbons (Fsp3) is 0.471. The normalized spacial score (nSPS) is 30.8. The van der Waals surface area contributed by atoms with Crippen molar-refractivity contribution >= 4 is 16.6 Å². The van der Waals surface area contributed by atoms with Gasteiger partial charge in [0, 0.05) is 16.5 Å². The lowest BCUT2D eigenvalue weighted by Gasteiger charge is -2.34. The third-order valence-electron chi connectivity index (χ3n) is 6.00. The van der Waals surface area contributed by atoms with Gasteiger partial charge in [0.1, 0.15) is 0 Å². The molecule has 2 aliphatic rings. The third kappa shape index (κ3) is 1.15. The van der Waals surface area contributed by atoms with E-state index in [0.29, 0.717) is 11.3 Å². The van der Waals surface area contributed by atoms with Crippen molar-refractivity contribution in [2.75, 3.05) is 5.73 Å². The van der Waals surface area contributed by atoms with Gasteiger partial charge in [0.05, 0.1) is 11.2 Å². The highest BCUT2D eigenvalue weighted by Gasteiger charge is 2.60. The molecule has 2 aliphatic carbocycles. The lowest BCUT2D eigenvalue weighted by Crippen LogP contribution is -2.31. The lowest BCUT2D eigenvalue weighted by atomic mass is 9.70. The largest absolute Gasteiger partial charge is 0.399 e. The molecule has 0 radical (unpaired) electrons. The maximum atomic E-state index is 5.89. The second-order valence-electron chi connectivity index (χ2n) is 7.02. The van der Waals surface area contributed by atoms with Gasteiger partial charge >= 0.3 is 0 Å². The quantitative estimate of drug-likeness (QED) is 0.720. The van der Waals surface area contributed by atoms with E-state index in [-0.39, 0.29) is 5.41 Å². The number of hydrogen-bond acceptors (Lipinski definition) is 2. The summed E-state index contributed by atoms with van der Waals surface area (Å²) in [5.41, 5.74) is 11.1. The molecule has 19 heavy (non-hydrogen) atoms. The summed E-state index contributed by atoms with van der Waals surface area (Å²) in [5.74, 6) is 0.668. The van der Waals surface area contributed by atoms with Crippen molar-refractivity contribution in [3.8, 4) is 0 Å². The Balaban J connectivity index is 2.06. The van der Waals surface area contributed by atoms with E-state index in [0.717, 1.165) is 11.2 Å². The Kier molecular flexibility index (Phi) is 1.85. The van der Waals surface area contributed by atoms with Crippen molar-refractivity contribution < 1.29 is 0 Å². The molecule has 0 amide bonds. The van der Waals surface area contributed by atoms with Crippen LogP contribution in [-0.4, -0.2) is 4.98 Å². The molecule has 1 aromatic heterocycles. The van der Waals surface area contributed by atoms with Crippen LogP contribution in [0.1, 0.15) is 50.8 Å². The Labute approximate surface area is 114 Å². The number of anilines is 1. The number of fused-ring (bicyclic) bond motifs is 6. The first kappa shape index (κ1) is 11.3. The van der Waals surface area contributed by atoms with Crippen molar-refractivity contribution in [3.05, 3.63) is 35.5 Å². The van der Waals surface area contributed by atoms with Gasteiger partial charge in [-0.25, -0.2) is 0 Å². The van der Waals surface area contributed by atoms with Crippen LogP contribution in [0.2, 0.25) is 0 Å². The van der Waals surface area contributed by atoms with Crippen molar-refractivity contribution in [2.45, 2.75) is 44.9 Å². The SMILES string of the molecule is CC12CCC(c3cc4ccc(N)cc4nc31)C2(C)C. The molecular formula is C17H20N2. The van der Waals surface area contributed by atoms with Crippen LogP contribution in [0, 0.1) is 5.41 Å². The smallest absolute Gasteiger partial charge is 0.0726 e. The van der Waals surface area contributed by atoms with Crippen LogP contribution in [-0.2, 0) is 5.41 Å². The minimum absolute atomic E-state index is 0.228. The zero-order valence-electron chi connectivity index (χ0n) is 11.8. The molecule has 1 heterocycles. The summed E-state index contributed by atoms with van der Waals surface area (Å²) in [6.45, 7) is 7.21. The van der Waals surface area contributed by atoms with E-state index in [2.05, 4.69) is 32.9 Å². The van der Waals surface area contributed by atoms with E-state index in [4.69, 9.17) is 10.7 Å². The predicted octanol–water partition coefficient (Wildman–Crippen LogP) is 3.99. The predicted molar refractivity (Wildman–Crippen MR) is 79.3 cm³/mol. The van der Waals surface area contributed by atoms with Crippen LogP contribution in [0.5, 0.6) is 0 Å². The minimum atomic E-state index is 0.228. The number of rotatable bonds is 0. The van der Waals surface area contributed by atoms with Gasteiger partial charge in [-0.1, -0.05) is 26.8 Å². The first-order valence-electron chi connectivity index (χ1n) is 7.14. The van der Waals surface area contributed by atoms with E-state index in [1.165, 1.54) is 29.5 Å². The topological polar surface area (TPSA) is 38.9 Å². The summed E-state index contributed by atoms with van der Waals surface area (Å²) >= 11 is 0. The van der Waals surface area contributed by atoms with Gasteiger partial charge in [-0.05, 0) is 47.9 Å². The van der Waals surface area contributed by atoms with Crippen LogP contribution in [0.4, 0.5) is 5.69 Å². The molecule has 0 aliphatic heterocycles.